The highest BCUT2D eigenvalue weighted by molar-refractivity contribution is 5.72. The minimum atomic E-state index is -1.83. The predicted octanol–water partition coefficient (Wildman–Crippen LogP) is 1.20. The van der Waals surface area contributed by atoms with Crippen molar-refractivity contribution in [2.24, 2.45) is 0 Å². The largest absolute Gasteiger partial charge is 0.479 e. The van der Waals surface area contributed by atoms with Crippen LogP contribution in [0.2, 0.25) is 0 Å². The molecule has 0 aromatic heterocycles. The molecular formula is C10H12FNO2. The third-order valence-corrected chi connectivity index (χ3v) is 1.76. The van der Waals surface area contributed by atoms with Crippen molar-refractivity contribution >= 4 is 5.97 Å². The first-order chi connectivity index (χ1) is 6.70. The zero-order valence-electron chi connectivity index (χ0n) is 7.61. The van der Waals surface area contributed by atoms with Crippen LogP contribution in [0.15, 0.2) is 30.3 Å². The fourth-order valence-corrected chi connectivity index (χ4v) is 1.03. The van der Waals surface area contributed by atoms with E-state index in [2.05, 4.69) is 5.32 Å². The molecule has 0 saturated carbocycles. The summed E-state index contributed by atoms with van der Waals surface area (Å²) in [5, 5.41) is 11.0. The number of carboxylic acids is 1. The van der Waals surface area contributed by atoms with Crippen LogP contribution in [0.3, 0.4) is 0 Å². The highest BCUT2D eigenvalue weighted by atomic mass is 19.1. The summed E-state index contributed by atoms with van der Waals surface area (Å²) in [4.78, 5) is 10.1. The summed E-state index contributed by atoms with van der Waals surface area (Å²) in [7, 11) is 0. The molecule has 0 bridgehead atoms. The van der Waals surface area contributed by atoms with Crippen LogP contribution in [-0.2, 0) is 11.3 Å². The normalized spacial score (nSPS) is 12.4. The Morgan fingerprint density at radius 2 is 2.07 bits per heavy atom. The van der Waals surface area contributed by atoms with E-state index in [1.807, 2.05) is 30.3 Å². The highest BCUT2D eigenvalue weighted by Gasteiger charge is 2.13. The van der Waals surface area contributed by atoms with Crippen molar-refractivity contribution in [3.05, 3.63) is 35.9 Å². The van der Waals surface area contributed by atoms with E-state index in [0.29, 0.717) is 6.54 Å². The van der Waals surface area contributed by atoms with Crippen LogP contribution in [0, 0.1) is 0 Å². The van der Waals surface area contributed by atoms with Crippen LogP contribution in [0.1, 0.15) is 5.56 Å². The number of rotatable bonds is 5. The summed E-state index contributed by atoms with van der Waals surface area (Å²) in [6.07, 6.45) is -1.83. The summed E-state index contributed by atoms with van der Waals surface area (Å²) < 4.78 is 12.6. The molecule has 14 heavy (non-hydrogen) atoms. The summed E-state index contributed by atoms with van der Waals surface area (Å²) in [5.41, 5.74) is 1.00. The topological polar surface area (TPSA) is 49.3 Å². The molecule has 1 rings (SSSR count). The number of aliphatic carboxylic acids is 1. The van der Waals surface area contributed by atoms with Gasteiger partial charge in [-0.2, -0.15) is 0 Å². The first-order valence-electron chi connectivity index (χ1n) is 4.31. The van der Waals surface area contributed by atoms with E-state index in [4.69, 9.17) is 5.11 Å². The molecule has 3 nitrogen and oxygen atoms in total. The summed E-state index contributed by atoms with van der Waals surface area (Å²) >= 11 is 0. The Kier molecular flexibility index (Phi) is 4.07. The Balaban J connectivity index is 2.26. The molecule has 0 heterocycles. The number of alkyl halides is 1. The average Bonchev–Trinajstić information content (AvgIpc) is 2.19. The van der Waals surface area contributed by atoms with Crippen LogP contribution in [0.25, 0.3) is 0 Å². The number of nitrogens with one attached hydrogen (secondary N) is 1. The molecule has 0 saturated heterocycles. The Labute approximate surface area is 81.6 Å². The van der Waals surface area contributed by atoms with Gasteiger partial charge in [-0.1, -0.05) is 30.3 Å². The monoisotopic (exact) mass is 197 g/mol. The molecule has 76 valence electrons. The molecule has 0 amide bonds. The van der Waals surface area contributed by atoms with Gasteiger partial charge in [-0.15, -0.1) is 0 Å². The van der Waals surface area contributed by atoms with Gasteiger partial charge in [0.1, 0.15) is 0 Å². The molecule has 4 heteroatoms. The Bertz CT molecular complexity index is 289. The first-order valence-corrected chi connectivity index (χ1v) is 4.31. The molecular weight excluding hydrogens is 185 g/mol. The summed E-state index contributed by atoms with van der Waals surface area (Å²) in [5.74, 6) is -1.43. The number of hydrogen-bond donors (Lipinski definition) is 2. The standard InChI is InChI=1S/C10H12FNO2/c11-9(10(13)14)7-12-6-8-4-2-1-3-5-8/h1-5,9,12H,6-7H2,(H,13,14)/t9-/m1/s1. The molecule has 1 aromatic carbocycles. The maximum absolute atomic E-state index is 12.6. The lowest BCUT2D eigenvalue weighted by Gasteiger charge is -2.05. The number of carboxylic acid groups (broad SMARTS) is 1. The van der Waals surface area contributed by atoms with Gasteiger partial charge in [-0.3, -0.25) is 0 Å². The zero-order valence-corrected chi connectivity index (χ0v) is 7.61. The van der Waals surface area contributed by atoms with Gasteiger partial charge in [-0.05, 0) is 5.56 Å². The van der Waals surface area contributed by atoms with Crippen LogP contribution < -0.4 is 5.32 Å². The van der Waals surface area contributed by atoms with Gasteiger partial charge in [0.25, 0.3) is 0 Å². The van der Waals surface area contributed by atoms with Crippen LogP contribution in [-0.4, -0.2) is 23.8 Å². The molecule has 1 atom stereocenters. The molecule has 0 spiro atoms. The third kappa shape index (κ3) is 3.53. The Morgan fingerprint density at radius 3 is 2.64 bits per heavy atom. The van der Waals surface area contributed by atoms with Gasteiger partial charge < -0.3 is 10.4 Å². The average molecular weight is 197 g/mol. The molecule has 0 aliphatic heterocycles. The van der Waals surface area contributed by atoms with Gasteiger partial charge in [0.2, 0.25) is 6.17 Å². The first kappa shape index (κ1) is 10.7. The number of halogens is 1. The van der Waals surface area contributed by atoms with Crippen molar-refractivity contribution in [2.75, 3.05) is 6.54 Å². The van der Waals surface area contributed by atoms with Gasteiger partial charge in [0.15, 0.2) is 0 Å². The molecule has 0 unspecified atom stereocenters. The van der Waals surface area contributed by atoms with Crippen molar-refractivity contribution in [3.63, 3.8) is 0 Å². The molecule has 0 aliphatic rings. The SMILES string of the molecule is O=C(O)[C@H](F)CNCc1ccccc1. The lowest BCUT2D eigenvalue weighted by atomic mass is 10.2. The number of hydrogen-bond acceptors (Lipinski definition) is 2. The molecule has 2 N–H and O–H groups in total. The minimum Gasteiger partial charge on any atom is -0.479 e. The quantitative estimate of drug-likeness (QED) is 0.745. The lowest BCUT2D eigenvalue weighted by molar-refractivity contribution is -0.142. The smallest absolute Gasteiger partial charge is 0.339 e. The van der Waals surface area contributed by atoms with Crippen molar-refractivity contribution < 1.29 is 14.3 Å². The van der Waals surface area contributed by atoms with Gasteiger partial charge in [-0.25, -0.2) is 9.18 Å². The van der Waals surface area contributed by atoms with Crippen LogP contribution in [0.5, 0.6) is 0 Å². The van der Waals surface area contributed by atoms with Crippen molar-refractivity contribution in [3.8, 4) is 0 Å². The molecule has 1 aromatic rings. The second kappa shape index (κ2) is 5.34. The van der Waals surface area contributed by atoms with E-state index in [-0.39, 0.29) is 6.54 Å². The lowest BCUT2D eigenvalue weighted by Crippen LogP contribution is -2.29. The maximum Gasteiger partial charge on any atom is 0.339 e. The van der Waals surface area contributed by atoms with E-state index in [1.54, 1.807) is 0 Å². The minimum absolute atomic E-state index is 0.162. The highest BCUT2D eigenvalue weighted by Crippen LogP contribution is 1.97. The fourth-order valence-electron chi connectivity index (χ4n) is 1.03. The second-order valence-electron chi connectivity index (χ2n) is 2.92. The van der Waals surface area contributed by atoms with Gasteiger partial charge in [0.05, 0.1) is 0 Å². The second-order valence-corrected chi connectivity index (χ2v) is 2.92. The van der Waals surface area contributed by atoms with E-state index in [9.17, 15) is 9.18 Å². The van der Waals surface area contributed by atoms with Crippen molar-refractivity contribution in [2.45, 2.75) is 12.7 Å². The maximum atomic E-state index is 12.6. The fraction of sp³-hybridized carbons (Fsp3) is 0.300. The van der Waals surface area contributed by atoms with Crippen LogP contribution >= 0.6 is 0 Å². The zero-order chi connectivity index (χ0) is 10.4. The van der Waals surface area contributed by atoms with Crippen LogP contribution in [0.4, 0.5) is 4.39 Å². The number of carbonyl (C=O) groups is 1. The summed E-state index contributed by atoms with van der Waals surface area (Å²) in [6, 6.07) is 9.42. The van der Waals surface area contributed by atoms with E-state index >= 15 is 0 Å². The molecule has 0 aliphatic carbocycles. The Morgan fingerprint density at radius 1 is 1.43 bits per heavy atom. The van der Waals surface area contributed by atoms with E-state index in [1.165, 1.54) is 0 Å². The number of benzene rings is 1. The van der Waals surface area contributed by atoms with E-state index < -0.39 is 12.1 Å². The summed E-state index contributed by atoms with van der Waals surface area (Å²) in [6.45, 7) is 0.318. The molecule has 0 radical (unpaired) electrons. The van der Waals surface area contributed by atoms with Crippen molar-refractivity contribution in [1.82, 2.24) is 5.32 Å². The van der Waals surface area contributed by atoms with Gasteiger partial charge >= 0.3 is 5.97 Å². The third-order valence-electron chi connectivity index (χ3n) is 1.76. The molecule has 0 fully saturated rings. The van der Waals surface area contributed by atoms with Gasteiger partial charge in [0, 0.05) is 13.1 Å². The Hall–Kier alpha value is -1.42. The van der Waals surface area contributed by atoms with E-state index in [0.717, 1.165) is 5.56 Å². The predicted molar refractivity (Wildman–Crippen MR) is 50.7 cm³/mol. The van der Waals surface area contributed by atoms with Crippen molar-refractivity contribution in [1.29, 1.82) is 0 Å².